The van der Waals surface area contributed by atoms with Crippen molar-refractivity contribution in [2.75, 3.05) is 0 Å². The molecule has 0 radical (unpaired) electrons. The van der Waals surface area contributed by atoms with Gasteiger partial charge in [-0.05, 0) is 42.0 Å². The highest BCUT2D eigenvalue weighted by Crippen LogP contribution is 2.55. The van der Waals surface area contributed by atoms with Crippen LogP contribution in [0.2, 0.25) is 0 Å². The number of rotatable bonds is 3. The fraction of sp³-hybridized carbons (Fsp3) is 0. The molecule has 1 heterocycles. The zero-order valence-corrected chi connectivity index (χ0v) is 15.7. The topological polar surface area (TPSA) is 0 Å². The smallest absolute Gasteiger partial charge is 0.0622 e. The predicted octanol–water partition coefficient (Wildman–Crippen LogP) is 7.91. The minimum absolute atomic E-state index is 0.105. The molecule has 1 heteroatoms. The molecular formula is C26H19S+. The molecule has 1 unspecified atom stereocenters. The predicted molar refractivity (Wildman–Crippen MR) is 119 cm³/mol. The summed E-state index contributed by atoms with van der Waals surface area (Å²) in [6.45, 7) is 0. The van der Waals surface area contributed by atoms with Crippen molar-refractivity contribution in [1.29, 1.82) is 0 Å². The van der Waals surface area contributed by atoms with E-state index in [0.29, 0.717) is 0 Å². The van der Waals surface area contributed by atoms with Gasteiger partial charge in [0.05, 0.1) is 5.56 Å². The van der Waals surface area contributed by atoms with Gasteiger partial charge in [0.1, 0.15) is 0 Å². The maximum absolute atomic E-state index is 2.30. The molecule has 0 bridgehead atoms. The van der Waals surface area contributed by atoms with Crippen molar-refractivity contribution in [1.82, 2.24) is 0 Å². The van der Waals surface area contributed by atoms with Crippen molar-refractivity contribution >= 4 is 20.6 Å². The molecule has 0 spiro atoms. The van der Waals surface area contributed by atoms with Gasteiger partial charge in [-0.2, -0.15) is 0 Å². The maximum Gasteiger partial charge on any atom is 0.195 e. The molecule has 4 aromatic carbocycles. The standard InChI is InChI=1S/C26H19S/c1-4-12-20(13-5-1)25-23-18-10-11-19-24(23)27(22-16-8-3-9-17-22)26(25)21-14-6-2-7-15-21/h1-19H/q+1. The Balaban J connectivity index is 1.97. The van der Waals surface area contributed by atoms with Crippen molar-refractivity contribution in [2.45, 2.75) is 0 Å². The zero-order valence-electron chi connectivity index (χ0n) is 14.9. The van der Waals surface area contributed by atoms with E-state index in [0.717, 1.165) is 0 Å². The van der Waals surface area contributed by atoms with Crippen LogP contribution in [0.25, 0.3) is 36.5 Å². The molecule has 0 amide bonds. The van der Waals surface area contributed by atoms with E-state index in [9.17, 15) is 0 Å². The lowest BCUT2D eigenvalue weighted by Gasteiger charge is -2.03. The van der Waals surface area contributed by atoms with E-state index in [1.165, 1.54) is 36.5 Å². The number of benzene rings is 4. The van der Waals surface area contributed by atoms with Gasteiger partial charge in [0.15, 0.2) is 14.5 Å². The Morgan fingerprint density at radius 3 is 1.63 bits per heavy atom. The summed E-state index contributed by atoms with van der Waals surface area (Å²) in [6.07, 6.45) is 0. The molecule has 0 aliphatic heterocycles. The molecule has 128 valence electrons. The first-order chi connectivity index (χ1) is 13.4. The van der Waals surface area contributed by atoms with Crippen LogP contribution in [-0.2, 0) is 0 Å². The van der Waals surface area contributed by atoms with Crippen LogP contribution in [0.15, 0.2) is 115 Å². The van der Waals surface area contributed by atoms with Gasteiger partial charge < -0.3 is 0 Å². The highest BCUT2D eigenvalue weighted by atomic mass is 32.2. The molecule has 0 saturated heterocycles. The summed E-state index contributed by atoms with van der Waals surface area (Å²) in [5.74, 6) is 0. The third-order valence-corrected chi connectivity index (χ3v) is 7.27. The molecule has 0 fully saturated rings. The Morgan fingerprint density at radius 1 is 0.444 bits per heavy atom. The van der Waals surface area contributed by atoms with Crippen LogP contribution in [0.5, 0.6) is 0 Å². The molecule has 0 nitrogen and oxygen atoms in total. The van der Waals surface area contributed by atoms with Crippen LogP contribution in [0, 0.1) is 0 Å². The van der Waals surface area contributed by atoms with Crippen molar-refractivity contribution in [3.8, 4) is 26.5 Å². The highest BCUT2D eigenvalue weighted by Gasteiger charge is 2.30. The van der Waals surface area contributed by atoms with Crippen LogP contribution in [0.4, 0.5) is 0 Å². The van der Waals surface area contributed by atoms with Gasteiger partial charge in [0, 0.05) is 21.4 Å². The lowest BCUT2D eigenvalue weighted by atomic mass is 9.99. The first kappa shape index (κ1) is 16.0. The van der Waals surface area contributed by atoms with Crippen molar-refractivity contribution in [3.05, 3.63) is 115 Å². The second kappa shape index (κ2) is 6.86. The lowest BCUT2D eigenvalue weighted by molar-refractivity contribution is 1.66. The Bertz CT molecular complexity index is 1110. The van der Waals surface area contributed by atoms with Crippen LogP contribution < -0.4 is 0 Å². The van der Waals surface area contributed by atoms with Crippen molar-refractivity contribution < 1.29 is 0 Å². The largest absolute Gasteiger partial charge is 0.195 e. The summed E-state index contributed by atoms with van der Waals surface area (Å²) in [6, 6.07) is 41.5. The summed E-state index contributed by atoms with van der Waals surface area (Å²) >= 11 is 0. The van der Waals surface area contributed by atoms with E-state index in [2.05, 4.69) is 115 Å². The minimum atomic E-state index is -0.105. The first-order valence-corrected chi connectivity index (χ1v) is 10.4. The summed E-state index contributed by atoms with van der Waals surface area (Å²) in [5, 5.41) is 1.36. The first-order valence-electron chi connectivity index (χ1n) is 9.17. The van der Waals surface area contributed by atoms with E-state index in [4.69, 9.17) is 0 Å². The van der Waals surface area contributed by atoms with Gasteiger partial charge in [0.25, 0.3) is 0 Å². The molecule has 1 aromatic heterocycles. The van der Waals surface area contributed by atoms with E-state index < -0.39 is 0 Å². The second-order valence-corrected chi connectivity index (χ2v) is 8.48. The SMILES string of the molecule is c1ccc(-c2c(-c3ccccc3)[s+](-c3ccccc3)c3ccccc23)cc1. The van der Waals surface area contributed by atoms with E-state index >= 15 is 0 Å². The van der Waals surface area contributed by atoms with Gasteiger partial charge in [0.2, 0.25) is 0 Å². The summed E-state index contributed by atoms with van der Waals surface area (Å²) in [4.78, 5) is 2.80. The second-order valence-electron chi connectivity index (χ2n) is 6.55. The van der Waals surface area contributed by atoms with Crippen molar-refractivity contribution in [3.63, 3.8) is 0 Å². The number of hydrogen-bond donors (Lipinski definition) is 0. The fourth-order valence-electron chi connectivity index (χ4n) is 3.73. The summed E-state index contributed by atoms with van der Waals surface area (Å²) in [5.41, 5.74) is 3.96. The van der Waals surface area contributed by atoms with Gasteiger partial charge in [-0.25, -0.2) is 0 Å². The van der Waals surface area contributed by atoms with Crippen LogP contribution in [-0.4, -0.2) is 0 Å². The van der Waals surface area contributed by atoms with Crippen molar-refractivity contribution in [2.24, 2.45) is 0 Å². The molecule has 0 aliphatic rings. The van der Waals surface area contributed by atoms with Crippen LogP contribution in [0.3, 0.4) is 0 Å². The average molecular weight is 364 g/mol. The van der Waals surface area contributed by atoms with E-state index in [-0.39, 0.29) is 10.5 Å². The third kappa shape index (κ3) is 2.77. The summed E-state index contributed by atoms with van der Waals surface area (Å²) < 4.78 is 1.42. The Kier molecular flexibility index (Phi) is 4.08. The van der Waals surface area contributed by atoms with Gasteiger partial charge >= 0.3 is 0 Å². The Morgan fingerprint density at radius 2 is 0.963 bits per heavy atom. The molecule has 1 atom stereocenters. The average Bonchev–Trinajstić information content (AvgIpc) is 3.11. The monoisotopic (exact) mass is 363 g/mol. The molecular weight excluding hydrogens is 344 g/mol. The Hall–Kier alpha value is -3.16. The normalized spacial score (nSPS) is 11.6. The van der Waals surface area contributed by atoms with E-state index in [1.807, 2.05) is 0 Å². The number of thiophene rings is 1. The molecule has 0 N–H and O–H groups in total. The lowest BCUT2D eigenvalue weighted by Crippen LogP contribution is -1.81. The van der Waals surface area contributed by atoms with Gasteiger partial charge in [-0.1, -0.05) is 78.9 Å². The highest BCUT2D eigenvalue weighted by molar-refractivity contribution is 7.48. The molecule has 5 rings (SSSR count). The maximum atomic E-state index is 2.30. The third-order valence-electron chi connectivity index (χ3n) is 4.88. The fourth-order valence-corrected chi connectivity index (χ4v) is 6.28. The minimum Gasteiger partial charge on any atom is -0.0622 e. The van der Waals surface area contributed by atoms with Crippen LogP contribution >= 0.6 is 10.5 Å². The molecule has 27 heavy (non-hydrogen) atoms. The van der Waals surface area contributed by atoms with Gasteiger partial charge in [-0.3, -0.25) is 0 Å². The Labute approximate surface area is 162 Å². The number of fused-ring (bicyclic) bond motifs is 1. The van der Waals surface area contributed by atoms with Gasteiger partial charge in [-0.15, -0.1) is 0 Å². The summed E-state index contributed by atoms with van der Waals surface area (Å²) in [7, 11) is -0.105. The molecule has 5 aromatic rings. The van der Waals surface area contributed by atoms with E-state index in [1.54, 1.807) is 0 Å². The zero-order chi connectivity index (χ0) is 18.1. The molecule has 0 aliphatic carbocycles. The quantitative estimate of drug-likeness (QED) is 0.286. The van der Waals surface area contributed by atoms with Crippen LogP contribution in [0.1, 0.15) is 0 Å². The number of hydrogen-bond acceptors (Lipinski definition) is 0. The molecule has 0 saturated carbocycles.